The molecule has 0 saturated heterocycles. The Balaban J connectivity index is 1.18. The summed E-state index contributed by atoms with van der Waals surface area (Å²) in [6, 6.07) is 65.9. The molecule has 0 saturated carbocycles. The standard InChI is InChI=1S/C57H47N/c1-55(2)51-34-47(38-27-29-45-43-23-11-10-21-41(43)42-22-12-13-24-44(42)49(45)32-38)48(35-52(51)56(3,4)57(55,5)6)39-28-30-54-50(33-39)46-25-14-15-26-53(46)58(54)40-20-16-19-37(31-40)36-17-8-7-9-18-36/h7-35H,1-6H3. The van der Waals surface area contributed by atoms with Gasteiger partial charge in [-0.15, -0.1) is 0 Å². The Morgan fingerprint density at radius 2 is 0.776 bits per heavy atom. The lowest BCUT2D eigenvalue weighted by Gasteiger charge is -2.44. The van der Waals surface area contributed by atoms with Crippen LogP contribution in [-0.4, -0.2) is 4.57 Å². The van der Waals surface area contributed by atoms with Crippen molar-refractivity contribution < 1.29 is 0 Å². The van der Waals surface area contributed by atoms with Crippen LogP contribution in [0.3, 0.4) is 0 Å². The molecular formula is C57H47N. The second-order valence-corrected chi connectivity index (χ2v) is 18.2. The van der Waals surface area contributed by atoms with Crippen LogP contribution in [0.5, 0.6) is 0 Å². The smallest absolute Gasteiger partial charge is 0.0541 e. The van der Waals surface area contributed by atoms with Crippen molar-refractivity contribution in [2.45, 2.75) is 52.4 Å². The molecule has 1 aliphatic carbocycles. The summed E-state index contributed by atoms with van der Waals surface area (Å²) in [5.41, 5.74) is 14.0. The van der Waals surface area contributed by atoms with Crippen LogP contribution < -0.4 is 0 Å². The molecule has 1 aliphatic rings. The van der Waals surface area contributed by atoms with Crippen LogP contribution in [-0.2, 0) is 10.8 Å². The Hall–Kier alpha value is -6.44. The Labute approximate surface area is 341 Å². The normalized spacial score (nSPS) is 15.5. The zero-order chi connectivity index (χ0) is 39.6. The highest BCUT2D eigenvalue weighted by molar-refractivity contribution is 6.26. The van der Waals surface area contributed by atoms with Crippen molar-refractivity contribution in [3.05, 3.63) is 187 Å². The number of nitrogens with zero attached hydrogens (tertiary/aromatic N) is 1. The van der Waals surface area contributed by atoms with Crippen LogP contribution in [0.4, 0.5) is 0 Å². The molecule has 0 bridgehead atoms. The Bertz CT molecular complexity index is 3260. The molecule has 0 unspecified atom stereocenters. The first-order valence-electron chi connectivity index (χ1n) is 20.8. The number of hydrogen-bond donors (Lipinski definition) is 0. The third-order valence-corrected chi connectivity index (χ3v) is 14.9. The number of hydrogen-bond acceptors (Lipinski definition) is 0. The van der Waals surface area contributed by atoms with E-state index in [0.717, 1.165) is 0 Å². The largest absolute Gasteiger partial charge is 0.309 e. The molecule has 0 spiro atoms. The van der Waals surface area contributed by atoms with Gasteiger partial charge in [0.25, 0.3) is 0 Å². The number of benzene rings is 9. The van der Waals surface area contributed by atoms with Gasteiger partial charge in [-0.1, -0.05) is 169 Å². The summed E-state index contributed by atoms with van der Waals surface area (Å²) in [5.74, 6) is 0. The minimum absolute atomic E-state index is 0.0233. The highest BCUT2D eigenvalue weighted by Crippen LogP contribution is 2.63. The van der Waals surface area contributed by atoms with Crippen molar-refractivity contribution in [3.8, 4) is 39.1 Å². The van der Waals surface area contributed by atoms with Crippen LogP contribution in [0, 0.1) is 5.41 Å². The molecule has 0 fully saturated rings. The molecule has 0 N–H and O–H groups in total. The first kappa shape index (κ1) is 34.8. The Kier molecular flexibility index (Phi) is 7.36. The lowest BCUT2D eigenvalue weighted by Crippen LogP contribution is -2.42. The fraction of sp³-hybridized carbons (Fsp3) is 0.158. The quantitative estimate of drug-likeness (QED) is 0.158. The lowest BCUT2D eigenvalue weighted by molar-refractivity contribution is 0.125. The predicted molar refractivity (Wildman–Crippen MR) is 249 cm³/mol. The summed E-state index contributed by atoms with van der Waals surface area (Å²) in [6.45, 7) is 14.8. The molecule has 9 aromatic carbocycles. The van der Waals surface area contributed by atoms with Gasteiger partial charge in [-0.3, -0.25) is 0 Å². The molecule has 1 nitrogen and oxygen atoms in total. The topological polar surface area (TPSA) is 4.93 Å². The molecule has 1 heterocycles. The van der Waals surface area contributed by atoms with Gasteiger partial charge in [-0.05, 0) is 142 Å². The molecular weight excluding hydrogens is 699 g/mol. The van der Waals surface area contributed by atoms with Crippen molar-refractivity contribution >= 4 is 54.1 Å². The molecule has 11 rings (SSSR count). The van der Waals surface area contributed by atoms with E-state index in [1.165, 1.54) is 104 Å². The average molecular weight is 746 g/mol. The second-order valence-electron chi connectivity index (χ2n) is 18.2. The predicted octanol–water partition coefficient (Wildman–Crippen LogP) is 15.8. The summed E-state index contributed by atoms with van der Waals surface area (Å²) >= 11 is 0. The zero-order valence-electron chi connectivity index (χ0n) is 34.2. The van der Waals surface area contributed by atoms with Gasteiger partial charge < -0.3 is 4.57 Å². The molecule has 0 radical (unpaired) electrons. The SMILES string of the molecule is CC1(C)c2cc(-c3ccc4c5ccccc5c5ccccc5c4c3)c(-c3ccc4c(c3)c3ccccc3n4-c3cccc(-c4ccccc4)c3)cc2C(C)(C)C1(C)C. The molecule has 58 heavy (non-hydrogen) atoms. The van der Waals surface area contributed by atoms with Crippen LogP contribution in [0.1, 0.15) is 52.7 Å². The van der Waals surface area contributed by atoms with E-state index < -0.39 is 0 Å². The van der Waals surface area contributed by atoms with Crippen molar-refractivity contribution in [2.75, 3.05) is 0 Å². The van der Waals surface area contributed by atoms with Gasteiger partial charge in [0.1, 0.15) is 0 Å². The second kappa shape index (κ2) is 12.3. The molecule has 1 aromatic heterocycles. The highest BCUT2D eigenvalue weighted by Gasteiger charge is 2.57. The van der Waals surface area contributed by atoms with Gasteiger partial charge in [-0.2, -0.15) is 0 Å². The van der Waals surface area contributed by atoms with Crippen molar-refractivity contribution in [3.63, 3.8) is 0 Å². The monoisotopic (exact) mass is 745 g/mol. The summed E-state index contributed by atoms with van der Waals surface area (Å²) in [7, 11) is 0. The summed E-state index contributed by atoms with van der Waals surface area (Å²) in [5, 5.41) is 10.3. The van der Waals surface area contributed by atoms with E-state index in [4.69, 9.17) is 0 Å². The van der Waals surface area contributed by atoms with Crippen LogP contribution in [0.2, 0.25) is 0 Å². The average Bonchev–Trinajstić information content (AvgIpc) is 3.64. The van der Waals surface area contributed by atoms with Gasteiger partial charge in [0.15, 0.2) is 0 Å². The maximum absolute atomic E-state index is 2.56. The van der Waals surface area contributed by atoms with Gasteiger partial charge in [0, 0.05) is 16.5 Å². The summed E-state index contributed by atoms with van der Waals surface area (Å²) in [6.07, 6.45) is 0. The molecule has 0 amide bonds. The Morgan fingerprint density at radius 3 is 1.40 bits per heavy atom. The van der Waals surface area contributed by atoms with E-state index in [0.29, 0.717) is 0 Å². The maximum Gasteiger partial charge on any atom is 0.0541 e. The fourth-order valence-electron chi connectivity index (χ4n) is 10.5. The van der Waals surface area contributed by atoms with Gasteiger partial charge in [0.05, 0.1) is 11.0 Å². The first-order valence-corrected chi connectivity index (χ1v) is 20.8. The minimum Gasteiger partial charge on any atom is -0.309 e. The van der Waals surface area contributed by atoms with E-state index in [9.17, 15) is 0 Å². The van der Waals surface area contributed by atoms with Crippen LogP contribution in [0.15, 0.2) is 176 Å². The molecule has 1 heteroatoms. The van der Waals surface area contributed by atoms with E-state index in [-0.39, 0.29) is 16.2 Å². The maximum atomic E-state index is 2.56. The van der Waals surface area contributed by atoms with E-state index in [1.807, 2.05) is 0 Å². The Morgan fingerprint density at radius 1 is 0.310 bits per heavy atom. The van der Waals surface area contributed by atoms with Crippen LogP contribution in [0.25, 0.3) is 93.2 Å². The van der Waals surface area contributed by atoms with Crippen LogP contribution >= 0.6 is 0 Å². The number of fused-ring (bicyclic) bond motifs is 10. The number of rotatable bonds is 4. The van der Waals surface area contributed by atoms with E-state index in [2.05, 4.69) is 222 Å². The third-order valence-electron chi connectivity index (χ3n) is 14.9. The third kappa shape index (κ3) is 4.77. The molecule has 0 aliphatic heterocycles. The lowest BCUT2D eigenvalue weighted by atomic mass is 9.59. The summed E-state index contributed by atoms with van der Waals surface area (Å²) in [4.78, 5) is 0. The zero-order valence-corrected chi connectivity index (χ0v) is 34.2. The first-order chi connectivity index (χ1) is 28.0. The van der Waals surface area contributed by atoms with Crippen molar-refractivity contribution in [2.24, 2.45) is 5.41 Å². The van der Waals surface area contributed by atoms with Crippen molar-refractivity contribution in [1.29, 1.82) is 0 Å². The highest BCUT2D eigenvalue weighted by atomic mass is 15.0. The molecule has 10 aromatic rings. The van der Waals surface area contributed by atoms with E-state index >= 15 is 0 Å². The van der Waals surface area contributed by atoms with Gasteiger partial charge >= 0.3 is 0 Å². The minimum atomic E-state index is -0.0263. The molecule has 0 atom stereocenters. The fourth-order valence-corrected chi connectivity index (χ4v) is 10.5. The molecule has 280 valence electrons. The van der Waals surface area contributed by atoms with Crippen molar-refractivity contribution in [1.82, 2.24) is 4.57 Å². The number of para-hydroxylation sites is 1. The van der Waals surface area contributed by atoms with E-state index in [1.54, 1.807) is 0 Å². The van der Waals surface area contributed by atoms with Gasteiger partial charge in [0.2, 0.25) is 0 Å². The summed E-state index contributed by atoms with van der Waals surface area (Å²) < 4.78 is 2.44. The number of aromatic nitrogens is 1. The van der Waals surface area contributed by atoms with Gasteiger partial charge in [-0.25, -0.2) is 0 Å².